The van der Waals surface area contributed by atoms with Crippen molar-refractivity contribution in [3.63, 3.8) is 0 Å². The average molecular weight is 261 g/mol. The van der Waals surface area contributed by atoms with E-state index in [0.29, 0.717) is 23.8 Å². The molecule has 0 spiro atoms. The molecule has 0 unspecified atom stereocenters. The summed E-state index contributed by atoms with van der Waals surface area (Å²) in [5, 5.41) is 2.75. The van der Waals surface area contributed by atoms with Crippen molar-refractivity contribution in [3.05, 3.63) is 42.5 Å². The molecule has 0 saturated carbocycles. The number of benzene rings is 1. The lowest BCUT2D eigenvalue weighted by atomic mass is 10.2. The van der Waals surface area contributed by atoms with Gasteiger partial charge in [0.05, 0.1) is 13.7 Å². The number of rotatable bonds is 6. The monoisotopic (exact) mass is 261 g/mol. The first-order valence-electron chi connectivity index (χ1n) is 6.12. The number of hydrogen-bond acceptors (Lipinski definition) is 3. The predicted molar refractivity (Wildman–Crippen MR) is 76.7 cm³/mol. The molecule has 0 aromatic heterocycles. The molecule has 0 heterocycles. The second-order valence-electron chi connectivity index (χ2n) is 3.67. The Morgan fingerprint density at radius 3 is 2.74 bits per heavy atom. The minimum atomic E-state index is -0.190. The van der Waals surface area contributed by atoms with E-state index < -0.39 is 0 Å². The first kappa shape index (κ1) is 14.8. The molecule has 1 aromatic rings. The quantitative estimate of drug-likeness (QED) is 0.632. The Balaban J connectivity index is 2.76. The summed E-state index contributed by atoms with van der Waals surface area (Å²) in [4.78, 5) is 11.6. The van der Waals surface area contributed by atoms with Crippen LogP contribution in [-0.2, 0) is 4.79 Å². The van der Waals surface area contributed by atoms with Gasteiger partial charge in [0.25, 0.3) is 0 Å². The van der Waals surface area contributed by atoms with Gasteiger partial charge in [-0.15, -0.1) is 0 Å². The van der Waals surface area contributed by atoms with Crippen LogP contribution >= 0.6 is 0 Å². The molecular weight excluding hydrogens is 242 g/mol. The smallest absolute Gasteiger partial charge is 0.248 e. The second kappa shape index (κ2) is 7.97. The van der Waals surface area contributed by atoms with Gasteiger partial charge in [-0.3, -0.25) is 4.79 Å². The highest BCUT2D eigenvalue weighted by atomic mass is 16.5. The maximum absolute atomic E-state index is 11.6. The van der Waals surface area contributed by atoms with Crippen molar-refractivity contribution in [1.82, 2.24) is 0 Å². The van der Waals surface area contributed by atoms with E-state index in [4.69, 9.17) is 9.47 Å². The summed E-state index contributed by atoms with van der Waals surface area (Å²) in [6, 6.07) is 5.27. The third-order valence-electron chi connectivity index (χ3n) is 2.28. The zero-order chi connectivity index (χ0) is 14.1. The molecule has 102 valence electrons. The van der Waals surface area contributed by atoms with Gasteiger partial charge in [-0.05, 0) is 26.0 Å². The Labute approximate surface area is 113 Å². The molecule has 1 rings (SSSR count). The van der Waals surface area contributed by atoms with Crippen molar-refractivity contribution in [2.24, 2.45) is 0 Å². The highest BCUT2D eigenvalue weighted by Gasteiger charge is 2.06. The molecule has 0 atom stereocenters. The summed E-state index contributed by atoms with van der Waals surface area (Å²) in [5.41, 5.74) is 0.662. The lowest BCUT2D eigenvalue weighted by Crippen LogP contribution is -2.08. The zero-order valence-corrected chi connectivity index (χ0v) is 11.5. The fourth-order valence-corrected chi connectivity index (χ4v) is 1.46. The molecular formula is C15H19NO3. The summed E-state index contributed by atoms with van der Waals surface area (Å²) in [5.74, 6) is 1.06. The zero-order valence-electron chi connectivity index (χ0n) is 11.5. The average Bonchev–Trinajstić information content (AvgIpc) is 2.41. The van der Waals surface area contributed by atoms with Crippen molar-refractivity contribution >= 4 is 11.6 Å². The maximum atomic E-state index is 11.6. The van der Waals surface area contributed by atoms with Crippen molar-refractivity contribution in [2.45, 2.75) is 13.8 Å². The summed E-state index contributed by atoms with van der Waals surface area (Å²) < 4.78 is 10.6. The first-order valence-corrected chi connectivity index (χ1v) is 6.12. The molecule has 1 N–H and O–H groups in total. The SMILES string of the molecule is C/C=C/C=C/C(=O)Nc1ccc(OCC)c(OC)c1. The molecule has 0 aliphatic heterocycles. The van der Waals surface area contributed by atoms with Gasteiger partial charge < -0.3 is 14.8 Å². The molecule has 1 aromatic carbocycles. The number of carbonyl (C=O) groups is 1. The summed E-state index contributed by atoms with van der Waals surface area (Å²) in [7, 11) is 1.56. The van der Waals surface area contributed by atoms with Crippen LogP contribution in [0.4, 0.5) is 5.69 Å². The van der Waals surface area contributed by atoms with E-state index in [0.717, 1.165) is 0 Å². The van der Waals surface area contributed by atoms with Gasteiger partial charge in [0.2, 0.25) is 5.91 Å². The van der Waals surface area contributed by atoms with E-state index in [2.05, 4.69) is 5.32 Å². The maximum Gasteiger partial charge on any atom is 0.248 e. The van der Waals surface area contributed by atoms with Gasteiger partial charge in [-0.25, -0.2) is 0 Å². The number of nitrogens with one attached hydrogen (secondary N) is 1. The van der Waals surface area contributed by atoms with Gasteiger partial charge in [-0.2, -0.15) is 0 Å². The molecule has 0 saturated heterocycles. The highest BCUT2D eigenvalue weighted by Crippen LogP contribution is 2.30. The molecule has 0 radical (unpaired) electrons. The third kappa shape index (κ3) is 4.87. The van der Waals surface area contributed by atoms with Crippen LogP contribution in [0.15, 0.2) is 42.5 Å². The van der Waals surface area contributed by atoms with Crippen molar-refractivity contribution in [3.8, 4) is 11.5 Å². The molecule has 0 aliphatic carbocycles. The van der Waals surface area contributed by atoms with Gasteiger partial charge in [0.15, 0.2) is 11.5 Å². The number of methoxy groups -OCH3 is 1. The molecule has 19 heavy (non-hydrogen) atoms. The molecule has 0 fully saturated rings. The normalized spacial score (nSPS) is 10.9. The minimum Gasteiger partial charge on any atom is -0.493 e. The standard InChI is InChI=1S/C15H19NO3/c1-4-6-7-8-15(17)16-12-9-10-13(19-5-2)14(11-12)18-3/h4,6-11H,5H2,1-3H3,(H,16,17)/b6-4+,8-7+. The Kier molecular flexibility index (Phi) is 6.22. The highest BCUT2D eigenvalue weighted by molar-refractivity contribution is 5.99. The molecule has 4 heteroatoms. The van der Waals surface area contributed by atoms with Gasteiger partial charge in [0.1, 0.15) is 0 Å². The Morgan fingerprint density at radius 2 is 2.11 bits per heavy atom. The number of anilines is 1. The van der Waals surface area contributed by atoms with Crippen LogP contribution in [0.1, 0.15) is 13.8 Å². The molecule has 0 bridgehead atoms. The van der Waals surface area contributed by atoms with Crippen LogP contribution in [0.3, 0.4) is 0 Å². The van der Waals surface area contributed by atoms with Gasteiger partial charge >= 0.3 is 0 Å². The van der Waals surface area contributed by atoms with E-state index in [1.165, 1.54) is 6.08 Å². The minimum absolute atomic E-state index is 0.190. The van der Waals surface area contributed by atoms with E-state index >= 15 is 0 Å². The lowest BCUT2D eigenvalue weighted by Gasteiger charge is -2.11. The molecule has 4 nitrogen and oxygen atoms in total. The van der Waals surface area contributed by atoms with Crippen LogP contribution in [0.5, 0.6) is 11.5 Å². The number of allylic oxidation sites excluding steroid dienone is 3. The number of hydrogen-bond donors (Lipinski definition) is 1. The molecule has 0 aliphatic rings. The van der Waals surface area contributed by atoms with E-state index in [9.17, 15) is 4.79 Å². The topological polar surface area (TPSA) is 47.6 Å². The van der Waals surface area contributed by atoms with E-state index in [1.807, 2.05) is 19.9 Å². The van der Waals surface area contributed by atoms with Crippen molar-refractivity contribution in [2.75, 3.05) is 19.0 Å². The predicted octanol–water partition coefficient (Wildman–Crippen LogP) is 3.16. The third-order valence-corrected chi connectivity index (χ3v) is 2.28. The number of carbonyl (C=O) groups excluding carboxylic acids is 1. The van der Waals surface area contributed by atoms with Crippen LogP contribution < -0.4 is 14.8 Å². The van der Waals surface area contributed by atoms with Crippen molar-refractivity contribution in [1.29, 1.82) is 0 Å². The van der Waals surface area contributed by atoms with Crippen molar-refractivity contribution < 1.29 is 14.3 Å². The lowest BCUT2D eigenvalue weighted by molar-refractivity contribution is -0.111. The van der Waals surface area contributed by atoms with Crippen LogP contribution in [-0.4, -0.2) is 19.6 Å². The fraction of sp³-hybridized carbons (Fsp3) is 0.267. The van der Waals surface area contributed by atoms with Crippen LogP contribution in [0.2, 0.25) is 0 Å². The largest absolute Gasteiger partial charge is 0.493 e. The van der Waals surface area contributed by atoms with Crippen LogP contribution in [0.25, 0.3) is 0 Å². The Hall–Kier alpha value is -2.23. The second-order valence-corrected chi connectivity index (χ2v) is 3.67. The Bertz CT molecular complexity index is 478. The van der Waals surface area contributed by atoms with Gasteiger partial charge in [0, 0.05) is 17.8 Å². The number of amides is 1. The summed E-state index contributed by atoms with van der Waals surface area (Å²) >= 11 is 0. The van der Waals surface area contributed by atoms with Gasteiger partial charge in [-0.1, -0.05) is 18.2 Å². The fourth-order valence-electron chi connectivity index (χ4n) is 1.46. The van der Waals surface area contributed by atoms with E-state index in [1.54, 1.807) is 37.5 Å². The first-order chi connectivity index (χ1) is 9.21. The van der Waals surface area contributed by atoms with Crippen LogP contribution in [0, 0.1) is 0 Å². The Morgan fingerprint density at radius 1 is 1.32 bits per heavy atom. The van der Waals surface area contributed by atoms with E-state index in [-0.39, 0.29) is 5.91 Å². The summed E-state index contributed by atoms with van der Waals surface area (Å²) in [6.07, 6.45) is 6.78. The molecule has 1 amide bonds. The summed E-state index contributed by atoms with van der Waals surface area (Å²) in [6.45, 7) is 4.36. The number of ether oxygens (including phenoxy) is 2.